The number of nitrogens with zero attached hydrogens (tertiary/aromatic N) is 3. The number of amides is 2. The Balaban J connectivity index is 1.92. The highest BCUT2D eigenvalue weighted by molar-refractivity contribution is 5.89. The highest BCUT2D eigenvalue weighted by Gasteiger charge is 2.24. The van der Waals surface area contributed by atoms with Crippen LogP contribution in [-0.2, 0) is 0 Å². The minimum Gasteiger partial charge on any atom is -0.322 e. The summed E-state index contributed by atoms with van der Waals surface area (Å²) < 4.78 is 26.3. The molecule has 1 fully saturated rings. The maximum atomic E-state index is 13.5. The number of hydrogen-bond acceptors (Lipinski definition) is 3. The van der Waals surface area contributed by atoms with Gasteiger partial charge in [0.2, 0.25) is 0 Å². The van der Waals surface area contributed by atoms with Gasteiger partial charge in [-0.25, -0.2) is 13.6 Å². The molecule has 0 spiro atoms. The van der Waals surface area contributed by atoms with Crippen molar-refractivity contribution in [2.75, 3.05) is 31.5 Å². The predicted octanol–water partition coefficient (Wildman–Crippen LogP) is 2.03. The van der Waals surface area contributed by atoms with E-state index >= 15 is 0 Å². The van der Waals surface area contributed by atoms with Gasteiger partial charge in [-0.15, -0.1) is 0 Å². The van der Waals surface area contributed by atoms with Crippen LogP contribution in [0.4, 0.5) is 19.3 Å². The lowest BCUT2D eigenvalue weighted by atomic mass is 10.2. The molecule has 21 heavy (non-hydrogen) atoms. The SMILES string of the molecule is CC(C#N)N1CCN(C(=O)Nc2ccc(F)cc2F)CC1. The van der Waals surface area contributed by atoms with Crippen LogP contribution in [0.15, 0.2) is 18.2 Å². The van der Waals surface area contributed by atoms with E-state index in [0.717, 1.165) is 12.1 Å². The van der Waals surface area contributed by atoms with Crippen LogP contribution >= 0.6 is 0 Å². The molecule has 1 unspecified atom stereocenters. The van der Waals surface area contributed by atoms with Crippen molar-refractivity contribution in [2.45, 2.75) is 13.0 Å². The summed E-state index contributed by atoms with van der Waals surface area (Å²) in [6, 6.07) is 4.54. The van der Waals surface area contributed by atoms with Crippen molar-refractivity contribution in [3.8, 4) is 6.07 Å². The fourth-order valence-corrected chi connectivity index (χ4v) is 2.18. The number of nitrogens with one attached hydrogen (secondary N) is 1. The molecule has 2 rings (SSSR count). The van der Waals surface area contributed by atoms with Crippen molar-refractivity contribution in [3.63, 3.8) is 0 Å². The van der Waals surface area contributed by atoms with Gasteiger partial charge < -0.3 is 10.2 Å². The van der Waals surface area contributed by atoms with E-state index < -0.39 is 17.7 Å². The van der Waals surface area contributed by atoms with Crippen molar-refractivity contribution in [3.05, 3.63) is 29.8 Å². The summed E-state index contributed by atoms with van der Waals surface area (Å²) in [5.74, 6) is -1.50. The third-order valence-electron chi connectivity index (χ3n) is 3.51. The van der Waals surface area contributed by atoms with Crippen LogP contribution in [0.25, 0.3) is 0 Å². The largest absolute Gasteiger partial charge is 0.322 e. The third-order valence-corrected chi connectivity index (χ3v) is 3.51. The number of rotatable bonds is 2. The van der Waals surface area contributed by atoms with Crippen molar-refractivity contribution >= 4 is 11.7 Å². The van der Waals surface area contributed by atoms with Gasteiger partial charge in [0.25, 0.3) is 0 Å². The average Bonchev–Trinajstić information content (AvgIpc) is 2.49. The van der Waals surface area contributed by atoms with Crippen molar-refractivity contribution < 1.29 is 13.6 Å². The lowest BCUT2D eigenvalue weighted by molar-refractivity contribution is 0.135. The molecule has 0 aliphatic carbocycles. The zero-order valence-corrected chi connectivity index (χ0v) is 11.6. The smallest absolute Gasteiger partial charge is 0.322 e. The van der Waals surface area contributed by atoms with E-state index in [-0.39, 0.29) is 11.7 Å². The summed E-state index contributed by atoms with van der Waals surface area (Å²) in [6.45, 7) is 3.91. The highest BCUT2D eigenvalue weighted by atomic mass is 19.1. The van der Waals surface area contributed by atoms with Crippen LogP contribution in [0, 0.1) is 23.0 Å². The number of carbonyl (C=O) groups excluding carboxylic acids is 1. The van der Waals surface area contributed by atoms with Crippen LogP contribution < -0.4 is 5.32 Å². The second-order valence-corrected chi connectivity index (χ2v) is 4.88. The lowest BCUT2D eigenvalue weighted by Gasteiger charge is -2.35. The number of nitriles is 1. The maximum absolute atomic E-state index is 13.5. The molecular weight excluding hydrogens is 278 g/mol. The Hall–Kier alpha value is -2.20. The molecule has 1 saturated heterocycles. The van der Waals surface area contributed by atoms with Gasteiger partial charge in [0, 0.05) is 32.2 Å². The lowest BCUT2D eigenvalue weighted by Crippen LogP contribution is -2.52. The summed E-state index contributed by atoms with van der Waals surface area (Å²) >= 11 is 0. The number of piperazine rings is 1. The molecule has 1 aromatic rings. The maximum Gasteiger partial charge on any atom is 0.322 e. The molecular formula is C14H16F2N4O. The van der Waals surface area contributed by atoms with Gasteiger partial charge in [-0.05, 0) is 19.1 Å². The molecule has 1 N–H and O–H groups in total. The standard InChI is InChI=1S/C14H16F2N4O/c1-10(9-17)19-4-6-20(7-5-19)14(21)18-13-3-2-11(15)8-12(13)16/h2-3,8,10H,4-7H2,1H3,(H,18,21). The Labute approximate surface area is 121 Å². The Kier molecular flexibility index (Phi) is 4.70. The molecule has 0 saturated carbocycles. The highest BCUT2D eigenvalue weighted by Crippen LogP contribution is 2.16. The summed E-state index contributed by atoms with van der Waals surface area (Å²) in [5, 5.41) is 11.3. The van der Waals surface area contributed by atoms with Gasteiger partial charge in [-0.3, -0.25) is 4.90 Å². The van der Waals surface area contributed by atoms with E-state index in [0.29, 0.717) is 26.2 Å². The van der Waals surface area contributed by atoms with E-state index in [1.807, 2.05) is 11.8 Å². The molecule has 1 atom stereocenters. The molecule has 5 nitrogen and oxygen atoms in total. The summed E-state index contributed by atoms with van der Waals surface area (Å²) in [5.41, 5.74) is -0.0470. The second kappa shape index (κ2) is 6.50. The minimum absolute atomic E-state index is 0.0470. The van der Waals surface area contributed by atoms with E-state index in [4.69, 9.17) is 5.26 Å². The van der Waals surface area contributed by atoms with Crippen LogP contribution in [0.3, 0.4) is 0 Å². The van der Waals surface area contributed by atoms with Crippen molar-refractivity contribution in [1.82, 2.24) is 9.80 Å². The molecule has 1 aromatic carbocycles. The van der Waals surface area contributed by atoms with Crippen molar-refractivity contribution in [2.24, 2.45) is 0 Å². The predicted molar refractivity (Wildman–Crippen MR) is 73.6 cm³/mol. The van der Waals surface area contributed by atoms with Gasteiger partial charge in [0.1, 0.15) is 11.6 Å². The Morgan fingerprint density at radius 3 is 2.57 bits per heavy atom. The minimum atomic E-state index is -0.805. The van der Waals surface area contributed by atoms with E-state index in [1.54, 1.807) is 4.90 Å². The molecule has 0 aromatic heterocycles. The fourth-order valence-electron chi connectivity index (χ4n) is 2.18. The van der Waals surface area contributed by atoms with Crippen molar-refractivity contribution in [1.29, 1.82) is 5.26 Å². The molecule has 1 aliphatic rings. The number of anilines is 1. The molecule has 2 amide bonds. The third kappa shape index (κ3) is 3.67. The van der Waals surface area contributed by atoms with Gasteiger partial charge in [0.15, 0.2) is 0 Å². The second-order valence-electron chi connectivity index (χ2n) is 4.88. The van der Waals surface area contributed by atoms with Gasteiger partial charge in [-0.2, -0.15) is 5.26 Å². The molecule has 0 radical (unpaired) electrons. The number of hydrogen-bond donors (Lipinski definition) is 1. The van der Waals surface area contributed by atoms with Gasteiger partial charge >= 0.3 is 6.03 Å². The molecule has 1 aliphatic heterocycles. The Morgan fingerprint density at radius 1 is 1.33 bits per heavy atom. The summed E-state index contributed by atoms with van der Waals surface area (Å²) in [7, 11) is 0. The number of halogens is 2. The zero-order chi connectivity index (χ0) is 15.4. The fraction of sp³-hybridized carbons (Fsp3) is 0.429. The number of carbonyl (C=O) groups is 1. The quantitative estimate of drug-likeness (QED) is 0.908. The Morgan fingerprint density at radius 2 is 2.00 bits per heavy atom. The Bertz CT molecular complexity index is 565. The number of urea groups is 1. The average molecular weight is 294 g/mol. The molecule has 1 heterocycles. The molecule has 0 bridgehead atoms. The molecule has 7 heteroatoms. The van der Waals surface area contributed by atoms with Gasteiger partial charge in [-0.1, -0.05) is 0 Å². The first-order valence-corrected chi connectivity index (χ1v) is 6.66. The first-order chi connectivity index (χ1) is 10.0. The topological polar surface area (TPSA) is 59.4 Å². The van der Waals surface area contributed by atoms with Gasteiger partial charge in [0.05, 0.1) is 17.8 Å². The first-order valence-electron chi connectivity index (χ1n) is 6.66. The first kappa shape index (κ1) is 15.2. The van der Waals surface area contributed by atoms with E-state index in [9.17, 15) is 13.6 Å². The van der Waals surface area contributed by atoms with Crippen LogP contribution in [0.1, 0.15) is 6.92 Å². The number of benzene rings is 1. The van der Waals surface area contributed by atoms with Crippen LogP contribution in [0.2, 0.25) is 0 Å². The van der Waals surface area contributed by atoms with Crippen LogP contribution in [-0.4, -0.2) is 48.1 Å². The van der Waals surface area contributed by atoms with E-state index in [1.165, 1.54) is 6.07 Å². The van der Waals surface area contributed by atoms with E-state index in [2.05, 4.69) is 11.4 Å². The summed E-state index contributed by atoms with van der Waals surface area (Å²) in [6.07, 6.45) is 0. The van der Waals surface area contributed by atoms with Crippen LogP contribution in [0.5, 0.6) is 0 Å². The molecule has 112 valence electrons. The zero-order valence-electron chi connectivity index (χ0n) is 11.6. The normalized spacial score (nSPS) is 17.1. The summed E-state index contributed by atoms with van der Waals surface area (Å²) in [4.78, 5) is 15.5. The monoisotopic (exact) mass is 294 g/mol.